The number of nitrogens with zero attached hydrogens (tertiary/aromatic N) is 4. The molecule has 0 bridgehead atoms. The summed E-state index contributed by atoms with van der Waals surface area (Å²) < 4.78 is 0. The molecule has 22 heavy (non-hydrogen) atoms. The van der Waals surface area contributed by atoms with Gasteiger partial charge in [0.2, 0.25) is 0 Å². The summed E-state index contributed by atoms with van der Waals surface area (Å²) in [6.45, 7) is 9.50. The van der Waals surface area contributed by atoms with E-state index in [4.69, 9.17) is 0 Å². The second kappa shape index (κ2) is 9.07. The molecule has 0 unspecified atom stereocenters. The summed E-state index contributed by atoms with van der Waals surface area (Å²) in [5.41, 5.74) is 0. The predicted molar refractivity (Wildman–Crippen MR) is 93.6 cm³/mol. The van der Waals surface area contributed by atoms with Gasteiger partial charge in [-0.3, -0.25) is 4.99 Å². The van der Waals surface area contributed by atoms with Gasteiger partial charge in [0.15, 0.2) is 5.96 Å². The van der Waals surface area contributed by atoms with Gasteiger partial charge in [-0.05, 0) is 33.5 Å². The molecule has 0 amide bonds. The minimum atomic E-state index is 0.729. The molecule has 0 radical (unpaired) electrons. The summed E-state index contributed by atoms with van der Waals surface area (Å²) in [5, 5.41) is 7.80. The van der Waals surface area contributed by atoms with E-state index in [1.54, 1.807) is 11.3 Å². The van der Waals surface area contributed by atoms with E-state index in [0.29, 0.717) is 0 Å². The lowest BCUT2D eigenvalue weighted by Crippen LogP contribution is -2.42. The molecule has 1 aliphatic rings. The van der Waals surface area contributed by atoms with E-state index in [-0.39, 0.29) is 0 Å². The predicted octanol–water partition coefficient (Wildman–Crippen LogP) is 0.754. The van der Waals surface area contributed by atoms with Crippen molar-refractivity contribution in [1.29, 1.82) is 0 Å². The van der Waals surface area contributed by atoms with Crippen molar-refractivity contribution >= 4 is 17.3 Å². The Morgan fingerprint density at radius 2 is 2.18 bits per heavy atom. The maximum absolute atomic E-state index is 4.35. The number of guanidine groups is 1. The van der Waals surface area contributed by atoms with Crippen molar-refractivity contribution in [3.63, 3.8) is 0 Å². The first kappa shape index (κ1) is 17.2. The van der Waals surface area contributed by atoms with Crippen LogP contribution in [0.3, 0.4) is 0 Å². The van der Waals surface area contributed by atoms with E-state index in [0.717, 1.165) is 43.7 Å². The van der Waals surface area contributed by atoms with Gasteiger partial charge in [0, 0.05) is 44.3 Å². The lowest BCUT2D eigenvalue weighted by atomic mass is 10.4. The maximum Gasteiger partial charge on any atom is 0.191 e. The Bertz CT molecular complexity index is 472. The largest absolute Gasteiger partial charge is 0.355 e. The number of aryl methyl sites for hydroxylation is 1. The van der Waals surface area contributed by atoms with Gasteiger partial charge in [0.1, 0.15) is 5.01 Å². The topological polar surface area (TPSA) is 55.8 Å². The van der Waals surface area contributed by atoms with Crippen LogP contribution in [0.1, 0.15) is 16.3 Å². The molecular weight excluding hydrogens is 296 g/mol. The minimum Gasteiger partial charge on any atom is -0.355 e. The van der Waals surface area contributed by atoms with E-state index < -0.39 is 0 Å². The number of likely N-dealkylation sites (N-methyl/N-ethyl adjacent to an activating group) is 1. The Morgan fingerprint density at radius 3 is 2.91 bits per heavy atom. The van der Waals surface area contributed by atoms with Crippen molar-refractivity contribution in [2.75, 3.05) is 53.4 Å². The smallest absolute Gasteiger partial charge is 0.191 e. The first-order valence-corrected chi connectivity index (χ1v) is 8.76. The maximum atomic E-state index is 4.35. The molecule has 1 saturated heterocycles. The summed E-state index contributed by atoms with van der Waals surface area (Å²) in [6, 6.07) is 0. The van der Waals surface area contributed by atoms with Crippen molar-refractivity contribution in [3.05, 3.63) is 16.1 Å². The highest BCUT2D eigenvalue weighted by Gasteiger charge is 2.11. The van der Waals surface area contributed by atoms with Crippen molar-refractivity contribution in [1.82, 2.24) is 25.4 Å². The van der Waals surface area contributed by atoms with Gasteiger partial charge in [0.05, 0.1) is 6.54 Å². The van der Waals surface area contributed by atoms with Gasteiger partial charge >= 0.3 is 0 Å². The van der Waals surface area contributed by atoms with Gasteiger partial charge < -0.3 is 20.4 Å². The minimum absolute atomic E-state index is 0.729. The van der Waals surface area contributed by atoms with Crippen LogP contribution in [-0.4, -0.2) is 74.1 Å². The fraction of sp³-hybridized carbons (Fsp3) is 0.733. The zero-order valence-electron chi connectivity index (χ0n) is 13.9. The summed E-state index contributed by atoms with van der Waals surface area (Å²) in [4.78, 5) is 14.8. The summed E-state index contributed by atoms with van der Waals surface area (Å²) in [5.74, 6) is 0.847. The van der Waals surface area contributed by atoms with Crippen LogP contribution < -0.4 is 10.6 Å². The molecule has 0 aromatic carbocycles. The third-order valence-electron chi connectivity index (χ3n) is 3.83. The molecule has 1 aromatic heterocycles. The second-order valence-corrected chi connectivity index (χ2v) is 7.03. The van der Waals surface area contributed by atoms with Crippen molar-refractivity contribution in [2.45, 2.75) is 19.9 Å². The summed E-state index contributed by atoms with van der Waals surface area (Å²) >= 11 is 1.72. The van der Waals surface area contributed by atoms with Gasteiger partial charge in [-0.2, -0.15) is 0 Å². The van der Waals surface area contributed by atoms with Gasteiger partial charge in [0.25, 0.3) is 0 Å². The van der Waals surface area contributed by atoms with E-state index in [1.807, 2.05) is 13.2 Å². The third kappa shape index (κ3) is 5.90. The summed E-state index contributed by atoms with van der Waals surface area (Å²) in [7, 11) is 4.01. The van der Waals surface area contributed by atoms with Crippen LogP contribution in [-0.2, 0) is 6.54 Å². The van der Waals surface area contributed by atoms with Crippen LogP contribution in [0.4, 0.5) is 0 Å². The molecule has 1 aliphatic heterocycles. The number of hydrogen-bond donors (Lipinski definition) is 2. The molecule has 2 rings (SSSR count). The molecule has 0 saturated carbocycles. The second-order valence-electron chi connectivity index (χ2n) is 5.72. The lowest BCUT2D eigenvalue weighted by Gasteiger charge is -2.20. The van der Waals surface area contributed by atoms with Crippen LogP contribution in [0.5, 0.6) is 0 Å². The quantitative estimate of drug-likeness (QED) is 0.618. The zero-order chi connectivity index (χ0) is 15.8. The Balaban J connectivity index is 1.65. The Morgan fingerprint density at radius 1 is 1.32 bits per heavy atom. The van der Waals surface area contributed by atoms with Crippen LogP contribution >= 0.6 is 11.3 Å². The van der Waals surface area contributed by atoms with Gasteiger partial charge in [-0.25, -0.2) is 4.98 Å². The number of aromatic nitrogens is 1. The van der Waals surface area contributed by atoms with Crippen LogP contribution in [0, 0.1) is 6.92 Å². The standard InChI is InChI=1S/C15H28N6S/c1-13-11-18-14(22-13)12-19-15(16-2)17-5-8-21-7-4-6-20(3)9-10-21/h11H,4-10,12H2,1-3H3,(H2,16,17,19). The molecule has 0 atom stereocenters. The number of thiazole rings is 1. The van der Waals surface area contributed by atoms with Crippen LogP contribution in [0.2, 0.25) is 0 Å². The molecule has 2 heterocycles. The molecule has 0 spiro atoms. The SMILES string of the molecule is CN=C(NCCN1CCCN(C)CC1)NCc1ncc(C)s1. The highest BCUT2D eigenvalue weighted by Crippen LogP contribution is 2.10. The van der Waals surface area contributed by atoms with E-state index in [1.165, 1.54) is 24.4 Å². The molecule has 6 nitrogen and oxygen atoms in total. The molecule has 2 N–H and O–H groups in total. The molecule has 0 aliphatic carbocycles. The van der Waals surface area contributed by atoms with Crippen molar-refractivity contribution in [2.24, 2.45) is 4.99 Å². The third-order valence-corrected chi connectivity index (χ3v) is 4.75. The van der Waals surface area contributed by atoms with E-state index in [2.05, 4.69) is 44.4 Å². The fourth-order valence-electron chi connectivity index (χ4n) is 2.52. The fourth-order valence-corrected chi connectivity index (χ4v) is 3.25. The monoisotopic (exact) mass is 324 g/mol. The lowest BCUT2D eigenvalue weighted by molar-refractivity contribution is 0.280. The average Bonchev–Trinajstić information content (AvgIpc) is 2.81. The average molecular weight is 324 g/mol. The normalized spacial score (nSPS) is 18.2. The Kier molecular flexibility index (Phi) is 7.08. The molecular formula is C15H28N6S. The van der Waals surface area contributed by atoms with E-state index in [9.17, 15) is 0 Å². The molecule has 7 heteroatoms. The van der Waals surface area contributed by atoms with Crippen LogP contribution in [0.25, 0.3) is 0 Å². The molecule has 124 valence electrons. The number of hydrogen-bond acceptors (Lipinski definition) is 5. The molecule has 1 fully saturated rings. The zero-order valence-corrected chi connectivity index (χ0v) is 14.7. The van der Waals surface area contributed by atoms with Crippen molar-refractivity contribution < 1.29 is 0 Å². The van der Waals surface area contributed by atoms with Crippen molar-refractivity contribution in [3.8, 4) is 0 Å². The number of nitrogens with one attached hydrogen (secondary N) is 2. The summed E-state index contributed by atoms with van der Waals surface area (Å²) in [6.07, 6.45) is 3.17. The van der Waals surface area contributed by atoms with E-state index >= 15 is 0 Å². The number of rotatable bonds is 5. The number of aliphatic imine (C=N–C) groups is 1. The van der Waals surface area contributed by atoms with Crippen LogP contribution in [0.15, 0.2) is 11.2 Å². The Labute approximate surface area is 137 Å². The Hall–Kier alpha value is -1.18. The first-order valence-electron chi connectivity index (χ1n) is 7.94. The highest BCUT2D eigenvalue weighted by molar-refractivity contribution is 7.11. The highest BCUT2D eigenvalue weighted by atomic mass is 32.1. The van der Waals surface area contributed by atoms with Gasteiger partial charge in [-0.15, -0.1) is 11.3 Å². The molecule has 1 aromatic rings. The first-order chi connectivity index (χ1) is 10.7. The van der Waals surface area contributed by atoms with Gasteiger partial charge in [-0.1, -0.05) is 0 Å².